The molecule has 2 rings (SSSR count). The van der Waals surface area contributed by atoms with Crippen molar-refractivity contribution < 1.29 is 4.42 Å². The van der Waals surface area contributed by atoms with E-state index in [0.717, 1.165) is 11.6 Å². The predicted octanol–water partition coefficient (Wildman–Crippen LogP) is 2.13. The van der Waals surface area contributed by atoms with Crippen LogP contribution < -0.4 is 16.6 Å². The fraction of sp³-hybridized carbons (Fsp3) is 0.182. The lowest BCUT2D eigenvalue weighted by atomic mass is 10.2. The van der Waals surface area contributed by atoms with E-state index in [2.05, 4.69) is 15.7 Å². The number of nitrogens with zero attached hydrogens (tertiary/aromatic N) is 1. The second-order valence-corrected chi connectivity index (χ2v) is 3.43. The van der Waals surface area contributed by atoms with Gasteiger partial charge in [-0.15, -0.1) is 0 Å². The number of aromatic nitrogens is 1. The number of anilines is 2. The molecule has 4 N–H and O–H groups in total. The first-order chi connectivity index (χ1) is 7.79. The Balaban J connectivity index is 2.08. The number of hydrazine groups is 1. The van der Waals surface area contributed by atoms with Gasteiger partial charge in [0.05, 0.1) is 12.3 Å². The van der Waals surface area contributed by atoms with Crippen LogP contribution in [0.25, 0.3) is 0 Å². The van der Waals surface area contributed by atoms with E-state index in [4.69, 9.17) is 10.3 Å². The van der Waals surface area contributed by atoms with Crippen molar-refractivity contribution in [2.45, 2.75) is 13.0 Å². The minimum atomic E-state index is 0.0653. The molecule has 0 bridgehead atoms. The molecule has 0 aliphatic heterocycles. The molecule has 5 nitrogen and oxygen atoms in total. The summed E-state index contributed by atoms with van der Waals surface area (Å²) >= 11 is 0. The topological polar surface area (TPSA) is 76.1 Å². The zero-order chi connectivity index (χ0) is 11.4. The summed E-state index contributed by atoms with van der Waals surface area (Å²) in [6.07, 6.45) is 1.65. The van der Waals surface area contributed by atoms with Crippen molar-refractivity contribution in [1.29, 1.82) is 0 Å². The number of nitrogens with one attached hydrogen (secondary N) is 2. The molecule has 2 aromatic rings. The maximum Gasteiger partial charge on any atom is 0.142 e. The van der Waals surface area contributed by atoms with Gasteiger partial charge in [-0.05, 0) is 31.2 Å². The highest BCUT2D eigenvalue weighted by Gasteiger charge is 2.08. The third-order valence-electron chi connectivity index (χ3n) is 2.23. The Morgan fingerprint density at radius 1 is 1.25 bits per heavy atom. The van der Waals surface area contributed by atoms with E-state index in [1.165, 1.54) is 0 Å². The monoisotopic (exact) mass is 218 g/mol. The van der Waals surface area contributed by atoms with Gasteiger partial charge >= 0.3 is 0 Å². The number of rotatable bonds is 4. The van der Waals surface area contributed by atoms with Gasteiger partial charge in [0.15, 0.2) is 0 Å². The third kappa shape index (κ3) is 2.32. The van der Waals surface area contributed by atoms with Crippen molar-refractivity contribution >= 4 is 11.6 Å². The Labute approximate surface area is 93.6 Å². The average molecular weight is 218 g/mol. The third-order valence-corrected chi connectivity index (χ3v) is 2.23. The Kier molecular flexibility index (Phi) is 3.07. The molecule has 16 heavy (non-hydrogen) atoms. The van der Waals surface area contributed by atoms with Gasteiger partial charge in [0.25, 0.3) is 0 Å². The van der Waals surface area contributed by atoms with Crippen LogP contribution in [0.4, 0.5) is 11.6 Å². The highest BCUT2D eigenvalue weighted by atomic mass is 16.3. The predicted molar refractivity (Wildman–Crippen MR) is 62.8 cm³/mol. The lowest BCUT2D eigenvalue weighted by Crippen LogP contribution is -2.11. The average Bonchev–Trinajstić information content (AvgIpc) is 2.83. The van der Waals surface area contributed by atoms with Gasteiger partial charge in [-0.1, -0.05) is 6.07 Å². The first kappa shape index (κ1) is 10.5. The summed E-state index contributed by atoms with van der Waals surface area (Å²) in [5, 5.41) is 3.22. The Hall–Kier alpha value is -2.01. The van der Waals surface area contributed by atoms with Gasteiger partial charge < -0.3 is 15.2 Å². The van der Waals surface area contributed by atoms with E-state index in [9.17, 15) is 0 Å². The van der Waals surface area contributed by atoms with Gasteiger partial charge in [0.2, 0.25) is 0 Å². The van der Waals surface area contributed by atoms with Gasteiger partial charge in [-0.3, -0.25) is 0 Å². The highest BCUT2D eigenvalue weighted by Crippen LogP contribution is 2.18. The number of nitrogen functional groups attached to an aromatic ring is 1. The molecule has 0 spiro atoms. The van der Waals surface area contributed by atoms with E-state index >= 15 is 0 Å². The first-order valence-electron chi connectivity index (χ1n) is 5.03. The van der Waals surface area contributed by atoms with Crippen molar-refractivity contribution in [2.75, 3.05) is 10.7 Å². The van der Waals surface area contributed by atoms with Crippen LogP contribution >= 0.6 is 0 Å². The van der Waals surface area contributed by atoms with Crippen LogP contribution in [-0.4, -0.2) is 4.98 Å². The molecule has 5 heteroatoms. The molecular weight excluding hydrogens is 204 g/mol. The molecule has 2 aromatic heterocycles. The molecule has 0 aromatic carbocycles. The van der Waals surface area contributed by atoms with Crippen molar-refractivity contribution in [3.8, 4) is 0 Å². The molecule has 84 valence electrons. The summed E-state index contributed by atoms with van der Waals surface area (Å²) in [5.74, 6) is 7.53. The maximum atomic E-state index is 5.29. The SMILES string of the molecule is CC(Nc1cccc(NN)n1)c1ccco1. The quantitative estimate of drug-likeness (QED) is 0.541. The summed E-state index contributed by atoms with van der Waals surface area (Å²) in [4.78, 5) is 4.25. The van der Waals surface area contributed by atoms with Crippen molar-refractivity contribution in [1.82, 2.24) is 4.98 Å². The molecule has 1 unspecified atom stereocenters. The van der Waals surface area contributed by atoms with Gasteiger partial charge in [0.1, 0.15) is 17.4 Å². The zero-order valence-electron chi connectivity index (χ0n) is 8.97. The largest absolute Gasteiger partial charge is 0.467 e. The number of nitrogens with two attached hydrogens (primary N) is 1. The van der Waals surface area contributed by atoms with E-state index in [0.29, 0.717) is 5.82 Å². The minimum absolute atomic E-state index is 0.0653. The van der Waals surface area contributed by atoms with Crippen LogP contribution in [0, 0.1) is 0 Å². The maximum absolute atomic E-state index is 5.29. The fourth-order valence-electron chi connectivity index (χ4n) is 1.43. The molecule has 0 radical (unpaired) electrons. The molecule has 0 fully saturated rings. The smallest absolute Gasteiger partial charge is 0.142 e. The Morgan fingerprint density at radius 2 is 2.06 bits per heavy atom. The fourth-order valence-corrected chi connectivity index (χ4v) is 1.43. The van der Waals surface area contributed by atoms with Crippen LogP contribution in [-0.2, 0) is 0 Å². The van der Waals surface area contributed by atoms with Gasteiger partial charge in [-0.2, -0.15) is 0 Å². The van der Waals surface area contributed by atoms with Crippen molar-refractivity contribution in [2.24, 2.45) is 5.84 Å². The standard InChI is InChI=1S/C11H14N4O/c1-8(9-4-3-7-16-9)13-10-5-2-6-11(14-10)15-12/h2-8H,12H2,1H3,(H2,13,14,15). The number of hydrogen-bond acceptors (Lipinski definition) is 5. The van der Waals surface area contributed by atoms with Gasteiger partial charge in [-0.25, -0.2) is 10.8 Å². The van der Waals surface area contributed by atoms with E-state index in [1.54, 1.807) is 12.3 Å². The van der Waals surface area contributed by atoms with Crippen molar-refractivity contribution in [3.63, 3.8) is 0 Å². The summed E-state index contributed by atoms with van der Waals surface area (Å²) in [7, 11) is 0. The van der Waals surface area contributed by atoms with E-state index < -0.39 is 0 Å². The van der Waals surface area contributed by atoms with E-state index in [-0.39, 0.29) is 6.04 Å². The number of pyridine rings is 1. The van der Waals surface area contributed by atoms with E-state index in [1.807, 2.05) is 31.2 Å². The molecule has 0 aliphatic rings. The number of hydrogen-bond donors (Lipinski definition) is 3. The first-order valence-corrected chi connectivity index (χ1v) is 5.03. The lowest BCUT2D eigenvalue weighted by Gasteiger charge is -2.12. The highest BCUT2D eigenvalue weighted by molar-refractivity contribution is 5.45. The van der Waals surface area contributed by atoms with Crippen LogP contribution in [0.15, 0.2) is 41.0 Å². The molecular formula is C11H14N4O. The molecule has 0 aliphatic carbocycles. The lowest BCUT2D eigenvalue weighted by molar-refractivity contribution is 0.490. The summed E-state index contributed by atoms with van der Waals surface area (Å²) in [6, 6.07) is 9.39. The van der Waals surface area contributed by atoms with Crippen LogP contribution in [0.5, 0.6) is 0 Å². The summed E-state index contributed by atoms with van der Waals surface area (Å²) in [6.45, 7) is 2.00. The normalized spacial score (nSPS) is 12.1. The van der Waals surface area contributed by atoms with Crippen molar-refractivity contribution in [3.05, 3.63) is 42.4 Å². The summed E-state index contributed by atoms with van der Waals surface area (Å²) < 4.78 is 5.29. The summed E-state index contributed by atoms with van der Waals surface area (Å²) in [5.41, 5.74) is 2.50. The molecule has 2 heterocycles. The van der Waals surface area contributed by atoms with Gasteiger partial charge in [0, 0.05) is 0 Å². The Morgan fingerprint density at radius 3 is 2.75 bits per heavy atom. The molecule has 0 saturated heterocycles. The van der Waals surface area contributed by atoms with Crippen LogP contribution in [0.3, 0.4) is 0 Å². The zero-order valence-corrected chi connectivity index (χ0v) is 8.97. The molecule has 1 atom stereocenters. The minimum Gasteiger partial charge on any atom is -0.467 e. The molecule has 0 amide bonds. The second kappa shape index (κ2) is 4.67. The van der Waals surface area contributed by atoms with Crippen LogP contribution in [0.2, 0.25) is 0 Å². The van der Waals surface area contributed by atoms with Crippen LogP contribution in [0.1, 0.15) is 18.7 Å². The number of furan rings is 1. The Bertz CT molecular complexity index is 441. The second-order valence-electron chi connectivity index (χ2n) is 3.43. The molecule has 0 saturated carbocycles.